The molecular formula is C19H22N2O2. The number of benzene rings is 2. The van der Waals surface area contributed by atoms with Gasteiger partial charge in [0.2, 0.25) is 5.91 Å². The highest BCUT2D eigenvalue weighted by Gasteiger charge is 2.09. The maximum atomic E-state index is 12.3. The first-order valence-electron chi connectivity index (χ1n) is 7.66. The van der Waals surface area contributed by atoms with Crippen LogP contribution in [-0.2, 0) is 4.79 Å². The van der Waals surface area contributed by atoms with Gasteiger partial charge < -0.3 is 10.6 Å². The molecule has 0 unspecified atom stereocenters. The SMILES string of the molecule is Cc1cc(C)cc(C(=O)Nc2ccc(NC(=O)C(C)C)cc2)c1. The van der Waals surface area contributed by atoms with Crippen molar-refractivity contribution in [1.82, 2.24) is 0 Å². The Morgan fingerprint density at radius 1 is 0.826 bits per heavy atom. The lowest BCUT2D eigenvalue weighted by molar-refractivity contribution is -0.118. The molecule has 0 aromatic heterocycles. The fraction of sp³-hybridized carbons (Fsp3) is 0.263. The average molecular weight is 310 g/mol. The van der Waals surface area contributed by atoms with Gasteiger partial charge in [-0.15, -0.1) is 0 Å². The zero-order valence-electron chi connectivity index (χ0n) is 13.9. The number of anilines is 2. The zero-order chi connectivity index (χ0) is 17.0. The summed E-state index contributed by atoms with van der Waals surface area (Å²) in [5.41, 5.74) is 4.16. The normalized spacial score (nSPS) is 10.5. The summed E-state index contributed by atoms with van der Waals surface area (Å²) < 4.78 is 0. The van der Waals surface area contributed by atoms with E-state index >= 15 is 0 Å². The van der Waals surface area contributed by atoms with Crippen LogP contribution in [0.1, 0.15) is 35.3 Å². The molecule has 0 radical (unpaired) electrons. The third-order valence-corrected chi connectivity index (χ3v) is 3.42. The number of aryl methyl sites for hydroxylation is 2. The molecule has 0 fully saturated rings. The molecule has 0 aliphatic rings. The molecule has 0 heterocycles. The van der Waals surface area contributed by atoms with Crippen molar-refractivity contribution in [1.29, 1.82) is 0 Å². The predicted molar refractivity (Wildman–Crippen MR) is 93.8 cm³/mol. The highest BCUT2D eigenvalue weighted by molar-refractivity contribution is 6.04. The first kappa shape index (κ1) is 16.7. The molecule has 2 amide bonds. The zero-order valence-corrected chi connectivity index (χ0v) is 13.9. The minimum atomic E-state index is -0.143. The van der Waals surface area contributed by atoms with E-state index in [1.165, 1.54) is 0 Å². The third kappa shape index (κ3) is 4.68. The van der Waals surface area contributed by atoms with Crippen molar-refractivity contribution in [2.24, 2.45) is 5.92 Å². The molecule has 0 aliphatic carbocycles. The van der Waals surface area contributed by atoms with Gasteiger partial charge in [0.15, 0.2) is 0 Å². The van der Waals surface area contributed by atoms with Crippen molar-refractivity contribution in [3.8, 4) is 0 Å². The van der Waals surface area contributed by atoms with Crippen LogP contribution >= 0.6 is 0 Å². The summed E-state index contributed by atoms with van der Waals surface area (Å²) in [5, 5.41) is 5.68. The minimum Gasteiger partial charge on any atom is -0.326 e. The Hall–Kier alpha value is -2.62. The molecule has 2 aromatic rings. The first-order valence-corrected chi connectivity index (χ1v) is 7.66. The molecule has 2 rings (SSSR count). The van der Waals surface area contributed by atoms with E-state index in [0.717, 1.165) is 11.1 Å². The fourth-order valence-corrected chi connectivity index (χ4v) is 2.23. The number of hydrogen-bond acceptors (Lipinski definition) is 2. The molecule has 120 valence electrons. The standard InChI is InChI=1S/C19H22N2O2/c1-12(2)18(22)20-16-5-7-17(8-6-16)21-19(23)15-10-13(3)9-14(4)11-15/h5-12H,1-4H3,(H,20,22)(H,21,23). The summed E-state index contributed by atoms with van der Waals surface area (Å²) in [4.78, 5) is 23.9. The van der Waals surface area contributed by atoms with Crippen LogP contribution in [0, 0.1) is 19.8 Å². The van der Waals surface area contributed by atoms with Crippen molar-refractivity contribution in [2.45, 2.75) is 27.7 Å². The molecule has 0 aliphatic heterocycles. The van der Waals surface area contributed by atoms with Gasteiger partial charge in [0.1, 0.15) is 0 Å². The Bertz CT molecular complexity index is 698. The summed E-state index contributed by atoms with van der Waals surface area (Å²) in [6.07, 6.45) is 0. The van der Waals surface area contributed by atoms with Crippen LogP contribution in [0.3, 0.4) is 0 Å². The van der Waals surface area contributed by atoms with Crippen LogP contribution in [0.15, 0.2) is 42.5 Å². The first-order chi connectivity index (χ1) is 10.8. The summed E-state index contributed by atoms with van der Waals surface area (Å²) >= 11 is 0. The average Bonchev–Trinajstić information content (AvgIpc) is 2.48. The van der Waals surface area contributed by atoms with Gasteiger partial charge in [-0.1, -0.05) is 31.0 Å². The lowest BCUT2D eigenvalue weighted by atomic mass is 10.1. The summed E-state index contributed by atoms with van der Waals surface area (Å²) in [6, 6.07) is 12.9. The molecule has 0 bridgehead atoms. The van der Waals surface area contributed by atoms with Crippen molar-refractivity contribution in [2.75, 3.05) is 10.6 Å². The van der Waals surface area contributed by atoms with Gasteiger partial charge >= 0.3 is 0 Å². The smallest absolute Gasteiger partial charge is 0.255 e. The molecule has 2 N–H and O–H groups in total. The van der Waals surface area contributed by atoms with Gasteiger partial charge in [-0.3, -0.25) is 9.59 Å². The Balaban J connectivity index is 2.05. The Morgan fingerprint density at radius 3 is 1.78 bits per heavy atom. The van der Waals surface area contributed by atoms with E-state index in [1.807, 2.05) is 45.9 Å². The van der Waals surface area contributed by atoms with Crippen molar-refractivity contribution < 1.29 is 9.59 Å². The highest BCUT2D eigenvalue weighted by Crippen LogP contribution is 2.16. The highest BCUT2D eigenvalue weighted by atomic mass is 16.2. The van der Waals surface area contributed by atoms with Crippen LogP contribution in [0.4, 0.5) is 11.4 Å². The van der Waals surface area contributed by atoms with Crippen molar-refractivity contribution in [3.05, 3.63) is 59.2 Å². The Kier molecular flexibility index (Phi) is 5.16. The van der Waals surface area contributed by atoms with E-state index < -0.39 is 0 Å². The summed E-state index contributed by atoms with van der Waals surface area (Å²) in [5.74, 6) is -0.244. The Labute approximate surface area is 136 Å². The number of carbonyl (C=O) groups is 2. The number of nitrogens with one attached hydrogen (secondary N) is 2. The van der Waals surface area contributed by atoms with Gasteiger partial charge in [-0.25, -0.2) is 0 Å². The molecule has 4 heteroatoms. The van der Waals surface area contributed by atoms with Crippen LogP contribution < -0.4 is 10.6 Å². The second-order valence-corrected chi connectivity index (χ2v) is 6.05. The van der Waals surface area contributed by atoms with Gasteiger partial charge in [0.05, 0.1) is 0 Å². The number of hydrogen-bond donors (Lipinski definition) is 2. The second kappa shape index (κ2) is 7.09. The van der Waals surface area contributed by atoms with E-state index in [2.05, 4.69) is 10.6 Å². The van der Waals surface area contributed by atoms with E-state index in [1.54, 1.807) is 24.3 Å². The molecule has 0 saturated heterocycles. The van der Waals surface area contributed by atoms with E-state index in [-0.39, 0.29) is 17.7 Å². The van der Waals surface area contributed by atoms with Gasteiger partial charge in [0.25, 0.3) is 5.91 Å². The van der Waals surface area contributed by atoms with E-state index in [4.69, 9.17) is 0 Å². The van der Waals surface area contributed by atoms with Crippen LogP contribution in [0.2, 0.25) is 0 Å². The summed E-state index contributed by atoms with van der Waals surface area (Å²) in [7, 11) is 0. The molecule has 0 atom stereocenters. The van der Waals surface area contributed by atoms with Crippen molar-refractivity contribution >= 4 is 23.2 Å². The van der Waals surface area contributed by atoms with Crippen molar-refractivity contribution in [3.63, 3.8) is 0 Å². The molecule has 4 nitrogen and oxygen atoms in total. The monoisotopic (exact) mass is 310 g/mol. The molecular weight excluding hydrogens is 288 g/mol. The number of carbonyl (C=O) groups excluding carboxylic acids is 2. The topological polar surface area (TPSA) is 58.2 Å². The summed E-state index contributed by atoms with van der Waals surface area (Å²) in [6.45, 7) is 7.62. The Morgan fingerprint density at radius 2 is 1.30 bits per heavy atom. The van der Waals surface area contributed by atoms with Gasteiger partial charge in [0, 0.05) is 22.9 Å². The molecule has 0 spiro atoms. The largest absolute Gasteiger partial charge is 0.326 e. The quantitative estimate of drug-likeness (QED) is 0.891. The minimum absolute atomic E-state index is 0.0305. The van der Waals surface area contributed by atoms with Crippen LogP contribution in [-0.4, -0.2) is 11.8 Å². The number of amides is 2. The third-order valence-electron chi connectivity index (χ3n) is 3.42. The fourth-order valence-electron chi connectivity index (χ4n) is 2.23. The van der Waals surface area contributed by atoms with Gasteiger partial charge in [-0.05, 0) is 50.2 Å². The second-order valence-electron chi connectivity index (χ2n) is 6.05. The lowest BCUT2D eigenvalue weighted by Crippen LogP contribution is -2.17. The van der Waals surface area contributed by atoms with E-state index in [9.17, 15) is 9.59 Å². The lowest BCUT2D eigenvalue weighted by Gasteiger charge is -2.10. The molecule has 23 heavy (non-hydrogen) atoms. The maximum absolute atomic E-state index is 12.3. The maximum Gasteiger partial charge on any atom is 0.255 e. The van der Waals surface area contributed by atoms with Crippen LogP contribution in [0.5, 0.6) is 0 Å². The van der Waals surface area contributed by atoms with E-state index in [0.29, 0.717) is 16.9 Å². The predicted octanol–water partition coefficient (Wildman–Crippen LogP) is 4.15. The van der Waals surface area contributed by atoms with Gasteiger partial charge in [-0.2, -0.15) is 0 Å². The number of rotatable bonds is 4. The molecule has 2 aromatic carbocycles. The molecule has 0 saturated carbocycles. The van der Waals surface area contributed by atoms with Crippen LogP contribution in [0.25, 0.3) is 0 Å².